The first-order valence-electron chi connectivity index (χ1n) is 7.10. The molecular formula is C15H19NO3S. The van der Waals surface area contributed by atoms with Gasteiger partial charge in [-0.05, 0) is 42.5 Å². The number of methoxy groups -OCH3 is 1. The van der Waals surface area contributed by atoms with Crippen LogP contribution in [-0.4, -0.2) is 19.0 Å². The SMILES string of the molecule is COC(=O)c1scc(C)c1NC(=O)C1C2CCCCC21. The summed E-state index contributed by atoms with van der Waals surface area (Å²) in [5, 5.41) is 4.84. The van der Waals surface area contributed by atoms with Crippen molar-refractivity contribution in [3.05, 3.63) is 15.8 Å². The Morgan fingerprint density at radius 3 is 2.55 bits per heavy atom. The van der Waals surface area contributed by atoms with Crippen LogP contribution in [0.5, 0.6) is 0 Å². The van der Waals surface area contributed by atoms with E-state index in [1.165, 1.54) is 44.1 Å². The summed E-state index contributed by atoms with van der Waals surface area (Å²) in [6, 6.07) is 0. The first-order valence-corrected chi connectivity index (χ1v) is 7.98. The van der Waals surface area contributed by atoms with Crippen LogP contribution >= 0.6 is 11.3 Å². The maximum absolute atomic E-state index is 12.4. The number of hydrogen-bond donors (Lipinski definition) is 1. The summed E-state index contributed by atoms with van der Waals surface area (Å²) in [5.74, 6) is 0.996. The lowest BCUT2D eigenvalue weighted by molar-refractivity contribution is -0.117. The highest BCUT2D eigenvalue weighted by molar-refractivity contribution is 7.12. The lowest BCUT2D eigenvalue weighted by Crippen LogP contribution is -2.17. The molecule has 3 rings (SSSR count). The molecule has 2 aliphatic carbocycles. The highest BCUT2D eigenvalue weighted by atomic mass is 32.1. The second-order valence-corrected chi connectivity index (χ2v) is 6.62. The largest absolute Gasteiger partial charge is 0.465 e. The highest BCUT2D eigenvalue weighted by Crippen LogP contribution is 2.55. The van der Waals surface area contributed by atoms with Crippen molar-refractivity contribution in [1.29, 1.82) is 0 Å². The molecule has 0 radical (unpaired) electrons. The summed E-state index contributed by atoms with van der Waals surface area (Å²) in [7, 11) is 1.36. The van der Waals surface area contributed by atoms with Gasteiger partial charge in [0.1, 0.15) is 4.88 Å². The van der Waals surface area contributed by atoms with Crippen LogP contribution in [0.1, 0.15) is 40.9 Å². The summed E-state index contributed by atoms with van der Waals surface area (Å²) in [6.07, 6.45) is 4.84. The Bertz CT molecular complexity index is 539. The summed E-state index contributed by atoms with van der Waals surface area (Å²) in [4.78, 5) is 24.6. The minimum atomic E-state index is -0.383. The molecule has 20 heavy (non-hydrogen) atoms. The molecule has 5 heteroatoms. The highest BCUT2D eigenvalue weighted by Gasteiger charge is 2.54. The average molecular weight is 293 g/mol. The van der Waals surface area contributed by atoms with Gasteiger partial charge < -0.3 is 10.1 Å². The topological polar surface area (TPSA) is 55.4 Å². The minimum absolute atomic E-state index is 0.0774. The molecule has 1 aromatic heterocycles. The van der Waals surface area contributed by atoms with E-state index in [0.29, 0.717) is 22.4 Å². The maximum atomic E-state index is 12.4. The van der Waals surface area contributed by atoms with Gasteiger partial charge in [-0.15, -0.1) is 11.3 Å². The van der Waals surface area contributed by atoms with Crippen LogP contribution in [0.2, 0.25) is 0 Å². The van der Waals surface area contributed by atoms with Crippen molar-refractivity contribution in [2.75, 3.05) is 12.4 Å². The van der Waals surface area contributed by atoms with Gasteiger partial charge in [0.25, 0.3) is 0 Å². The molecular weight excluding hydrogens is 274 g/mol. The second kappa shape index (κ2) is 5.20. The number of carbonyl (C=O) groups excluding carboxylic acids is 2. The van der Waals surface area contributed by atoms with Gasteiger partial charge in [-0.3, -0.25) is 4.79 Å². The quantitative estimate of drug-likeness (QED) is 0.871. The Kier molecular flexibility index (Phi) is 3.54. The maximum Gasteiger partial charge on any atom is 0.350 e. The van der Waals surface area contributed by atoms with Crippen molar-refractivity contribution in [2.45, 2.75) is 32.6 Å². The number of nitrogens with one attached hydrogen (secondary N) is 1. The number of fused-ring (bicyclic) bond motifs is 1. The van der Waals surface area contributed by atoms with Crippen LogP contribution in [0.25, 0.3) is 0 Å². The number of hydrogen-bond acceptors (Lipinski definition) is 4. The fourth-order valence-corrected chi connectivity index (χ4v) is 4.35. The number of ether oxygens (including phenoxy) is 1. The minimum Gasteiger partial charge on any atom is -0.465 e. The lowest BCUT2D eigenvalue weighted by Gasteiger charge is -2.07. The van der Waals surface area contributed by atoms with Crippen molar-refractivity contribution in [1.82, 2.24) is 0 Å². The van der Waals surface area contributed by atoms with Gasteiger partial charge in [0, 0.05) is 5.92 Å². The van der Waals surface area contributed by atoms with Crippen LogP contribution in [0.15, 0.2) is 5.38 Å². The smallest absolute Gasteiger partial charge is 0.350 e. The van der Waals surface area contributed by atoms with Gasteiger partial charge in [-0.2, -0.15) is 0 Å². The van der Waals surface area contributed by atoms with Crippen molar-refractivity contribution in [3.63, 3.8) is 0 Å². The summed E-state index contributed by atoms with van der Waals surface area (Å²) < 4.78 is 4.76. The zero-order chi connectivity index (χ0) is 14.3. The Morgan fingerprint density at radius 2 is 1.95 bits per heavy atom. The molecule has 1 amide bonds. The molecule has 0 spiro atoms. The Labute approximate surface area is 122 Å². The molecule has 0 bridgehead atoms. The van der Waals surface area contributed by atoms with Gasteiger partial charge in [0.05, 0.1) is 12.8 Å². The fourth-order valence-electron chi connectivity index (χ4n) is 3.43. The van der Waals surface area contributed by atoms with Crippen LogP contribution in [0.3, 0.4) is 0 Å². The molecule has 1 aromatic rings. The lowest BCUT2D eigenvalue weighted by atomic mass is 10.0. The summed E-state index contributed by atoms with van der Waals surface area (Å²) in [6.45, 7) is 1.90. The molecule has 1 heterocycles. The summed E-state index contributed by atoms with van der Waals surface area (Å²) in [5.41, 5.74) is 1.56. The van der Waals surface area contributed by atoms with Gasteiger partial charge in [0.15, 0.2) is 0 Å². The molecule has 2 atom stereocenters. The van der Waals surface area contributed by atoms with Gasteiger partial charge in [-0.1, -0.05) is 12.8 Å². The number of esters is 1. The molecule has 4 nitrogen and oxygen atoms in total. The molecule has 0 aromatic carbocycles. The number of rotatable bonds is 3. The fraction of sp³-hybridized carbons (Fsp3) is 0.600. The van der Waals surface area contributed by atoms with Crippen molar-refractivity contribution in [3.8, 4) is 0 Å². The average Bonchev–Trinajstić information content (AvgIpc) is 3.09. The van der Waals surface area contributed by atoms with Crippen LogP contribution < -0.4 is 5.32 Å². The van der Waals surface area contributed by atoms with E-state index in [1.807, 2.05) is 12.3 Å². The normalized spacial score (nSPS) is 27.6. The molecule has 108 valence electrons. The van der Waals surface area contributed by atoms with E-state index in [-0.39, 0.29) is 17.8 Å². The van der Waals surface area contributed by atoms with Crippen LogP contribution in [-0.2, 0) is 9.53 Å². The molecule has 2 unspecified atom stereocenters. The van der Waals surface area contributed by atoms with Crippen LogP contribution in [0.4, 0.5) is 5.69 Å². The van der Waals surface area contributed by atoms with E-state index in [9.17, 15) is 9.59 Å². The predicted molar refractivity (Wildman–Crippen MR) is 78.0 cm³/mol. The van der Waals surface area contributed by atoms with E-state index < -0.39 is 0 Å². The number of aryl methyl sites for hydroxylation is 1. The number of anilines is 1. The number of amides is 1. The van der Waals surface area contributed by atoms with E-state index >= 15 is 0 Å². The predicted octanol–water partition coefficient (Wildman–Crippen LogP) is 3.22. The number of thiophene rings is 1. The standard InChI is InChI=1S/C15H19NO3S/c1-8-7-20-13(15(18)19-2)12(8)16-14(17)11-9-5-3-4-6-10(9)11/h7,9-11H,3-6H2,1-2H3,(H,16,17). The van der Waals surface area contributed by atoms with Crippen molar-refractivity contribution < 1.29 is 14.3 Å². The number of carbonyl (C=O) groups is 2. The molecule has 0 aliphatic heterocycles. The van der Waals surface area contributed by atoms with Gasteiger partial charge in [-0.25, -0.2) is 4.79 Å². The van der Waals surface area contributed by atoms with Crippen molar-refractivity contribution in [2.24, 2.45) is 17.8 Å². The molecule has 2 fully saturated rings. The molecule has 0 saturated heterocycles. The Balaban J connectivity index is 1.73. The first kappa shape index (κ1) is 13.6. The Hall–Kier alpha value is -1.36. The monoisotopic (exact) mass is 293 g/mol. The van der Waals surface area contributed by atoms with Crippen LogP contribution in [0, 0.1) is 24.7 Å². The molecule has 1 N–H and O–H groups in total. The third-order valence-electron chi connectivity index (χ3n) is 4.55. The van der Waals surface area contributed by atoms with Crippen molar-refractivity contribution >= 4 is 28.9 Å². The first-order chi connectivity index (χ1) is 9.63. The van der Waals surface area contributed by atoms with E-state index in [4.69, 9.17) is 4.74 Å². The molecule has 2 saturated carbocycles. The Morgan fingerprint density at radius 1 is 1.30 bits per heavy atom. The van der Waals surface area contributed by atoms with E-state index in [1.54, 1.807) is 0 Å². The molecule has 2 aliphatic rings. The van der Waals surface area contributed by atoms with Gasteiger partial charge >= 0.3 is 5.97 Å². The van der Waals surface area contributed by atoms with Gasteiger partial charge in [0.2, 0.25) is 5.91 Å². The van der Waals surface area contributed by atoms with E-state index in [0.717, 1.165) is 5.56 Å². The van der Waals surface area contributed by atoms with E-state index in [2.05, 4.69) is 5.32 Å². The zero-order valence-corrected chi connectivity index (χ0v) is 12.6. The third kappa shape index (κ3) is 2.24. The zero-order valence-electron chi connectivity index (χ0n) is 11.8. The summed E-state index contributed by atoms with van der Waals surface area (Å²) >= 11 is 1.32. The second-order valence-electron chi connectivity index (χ2n) is 5.74. The third-order valence-corrected chi connectivity index (χ3v) is 5.63.